The highest BCUT2D eigenvalue weighted by Crippen LogP contribution is 2.55. The van der Waals surface area contributed by atoms with Crippen molar-refractivity contribution in [2.24, 2.45) is 17.8 Å². The lowest BCUT2D eigenvalue weighted by Crippen LogP contribution is -2.61. The second kappa shape index (κ2) is 8.70. The molecule has 4 saturated carbocycles. The van der Waals surface area contributed by atoms with Crippen LogP contribution in [0, 0.1) is 34.9 Å². The van der Waals surface area contributed by atoms with Crippen molar-refractivity contribution in [1.82, 2.24) is 15.3 Å². The summed E-state index contributed by atoms with van der Waals surface area (Å²) in [5.74, 6) is 1.17. The van der Waals surface area contributed by atoms with E-state index >= 15 is 0 Å². The fraction of sp³-hybridized carbons (Fsp3) is 0.556. The number of rotatable bonds is 4. The summed E-state index contributed by atoms with van der Waals surface area (Å²) in [7, 11) is 0. The van der Waals surface area contributed by atoms with Crippen molar-refractivity contribution in [1.29, 1.82) is 5.26 Å². The van der Waals surface area contributed by atoms with Crippen molar-refractivity contribution in [2.75, 3.05) is 29.4 Å². The molecule has 1 aromatic heterocycles. The van der Waals surface area contributed by atoms with Gasteiger partial charge >= 0.3 is 0 Å². The summed E-state index contributed by atoms with van der Waals surface area (Å²) in [4.78, 5) is 26.3. The van der Waals surface area contributed by atoms with Crippen LogP contribution in [0.1, 0.15) is 55.1 Å². The second-order valence-electron chi connectivity index (χ2n) is 11.2. The zero-order chi connectivity index (χ0) is 25.0. The molecule has 1 amide bonds. The maximum absolute atomic E-state index is 14.5. The molecule has 2 aromatic rings. The van der Waals surface area contributed by atoms with Gasteiger partial charge < -0.3 is 20.2 Å². The van der Waals surface area contributed by atoms with Crippen LogP contribution in [0.3, 0.4) is 0 Å². The third-order valence-electron chi connectivity index (χ3n) is 8.72. The number of nitrogens with one attached hydrogen (secondary N) is 1. The van der Waals surface area contributed by atoms with Crippen molar-refractivity contribution in [3.63, 3.8) is 0 Å². The summed E-state index contributed by atoms with van der Waals surface area (Å²) in [6.45, 7) is 3.75. The summed E-state index contributed by atoms with van der Waals surface area (Å²) in [5.41, 5.74) is 0.602. The molecule has 2 N–H and O–H groups in total. The molecule has 9 heteroatoms. The molecule has 8 nitrogen and oxygen atoms in total. The van der Waals surface area contributed by atoms with E-state index in [9.17, 15) is 14.3 Å². The lowest BCUT2D eigenvalue weighted by atomic mass is 9.52. The number of halogens is 1. The second-order valence-corrected chi connectivity index (χ2v) is 11.2. The molecule has 1 aliphatic heterocycles. The minimum Gasteiger partial charge on any atom is -0.390 e. The number of benzene rings is 1. The fourth-order valence-electron chi connectivity index (χ4n) is 7.36. The monoisotopic (exact) mass is 490 g/mol. The van der Waals surface area contributed by atoms with Crippen LogP contribution in [0.15, 0.2) is 30.5 Å². The highest BCUT2D eigenvalue weighted by atomic mass is 19.1. The molecule has 1 saturated heterocycles. The predicted molar refractivity (Wildman–Crippen MR) is 132 cm³/mol. The fourth-order valence-corrected chi connectivity index (χ4v) is 7.36. The van der Waals surface area contributed by atoms with Gasteiger partial charge in [0.15, 0.2) is 0 Å². The Kier molecular flexibility index (Phi) is 5.60. The van der Waals surface area contributed by atoms with Crippen molar-refractivity contribution in [3.05, 3.63) is 47.5 Å². The van der Waals surface area contributed by atoms with Gasteiger partial charge in [-0.05, 0) is 81.0 Å². The normalized spacial score (nSPS) is 32.9. The van der Waals surface area contributed by atoms with Crippen LogP contribution in [0.25, 0.3) is 0 Å². The number of amides is 1. The quantitative estimate of drug-likeness (QED) is 0.679. The number of piperazine rings is 1. The molecule has 2 heterocycles. The Bertz CT molecular complexity index is 1210. The highest BCUT2D eigenvalue weighted by molar-refractivity contribution is 5.92. The van der Waals surface area contributed by atoms with Gasteiger partial charge in [0, 0.05) is 37.9 Å². The van der Waals surface area contributed by atoms with Crippen LogP contribution in [0.2, 0.25) is 0 Å². The minimum atomic E-state index is -0.529. The van der Waals surface area contributed by atoms with Gasteiger partial charge in [-0.3, -0.25) is 4.79 Å². The molecular formula is C27H31FN6O2. The molecule has 1 aromatic carbocycles. The molecule has 36 heavy (non-hydrogen) atoms. The molecule has 0 radical (unpaired) electrons. The molecular weight excluding hydrogens is 459 g/mol. The van der Waals surface area contributed by atoms with E-state index in [1.807, 2.05) is 22.8 Å². The lowest BCUT2D eigenvalue weighted by Gasteiger charge is -2.58. The highest BCUT2D eigenvalue weighted by Gasteiger charge is 2.55. The Morgan fingerprint density at radius 2 is 2.00 bits per heavy atom. The zero-order valence-corrected chi connectivity index (χ0v) is 20.4. The third kappa shape index (κ3) is 4.07. The van der Waals surface area contributed by atoms with Crippen LogP contribution < -0.4 is 15.1 Å². The molecule has 4 aliphatic carbocycles. The predicted octanol–water partition coefficient (Wildman–Crippen LogP) is 2.87. The van der Waals surface area contributed by atoms with E-state index in [0.717, 1.165) is 32.1 Å². The molecule has 3 atom stereocenters. The summed E-state index contributed by atoms with van der Waals surface area (Å²) in [5, 5.41) is 23.1. The molecule has 7 rings (SSSR count). The Morgan fingerprint density at radius 1 is 1.22 bits per heavy atom. The number of anilines is 2. The van der Waals surface area contributed by atoms with Crippen molar-refractivity contribution >= 4 is 17.5 Å². The van der Waals surface area contributed by atoms with E-state index < -0.39 is 11.4 Å². The molecule has 0 spiro atoms. The molecule has 188 valence electrons. The van der Waals surface area contributed by atoms with E-state index in [2.05, 4.69) is 15.3 Å². The minimum absolute atomic E-state index is 0.00252. The summed E-state index contributed by atoms with van der Waals surface area (Å²) in [6.07, 6.45) is 6.26. The summed E-state index contributed by atoms with van der Waals surface area (Å²) < 4.78 is 14.5. The first-order valence-electron chi connectivity index (χ1n) is 12.9. The van der Waals surface area contributed by atoms with Gasteiger partial charge in [0.1, 0.15) is 11.5 Å². The lowest BCUT2D eigenvalue weighted by molar-refractivity contribution is -0.136. The number of aliphatic hydroxyl groups is 1. The van der Waals surface area contributed by atoms with E-state index in [4.69, 9.17) is 5.26 Å². The first kappa shape index (κ1) is 23.2. The Balaban J connectivity index is 1.13. The van der Waals surface area contributed by atoms with Crippen LogP contribution in [-0.2, 0) is 0 Å². The molecule has 5 fully saturated rings. The van der Waals surface area contributed by atoms with Crippen molar-refractivity contribution in [2.45, 2.75) is 56.7 Å². The van der Waals surface area contributed by atoms with Gasteiger partial charge in [0.2, 0.25) is 5.95 Å². The van der Waals surface area contributed by atoms with Gasteiger partial charge in [-0.2, -0.15) is 5.26 Å². The van der Waals surface area contributed by atoms with Gasteiger partial charge in [-0.1, -0.05) is 0 Å². The standard InChI is InChI=1S/C27H31FN6O2/c1-16-15-33(23-3-2-17(14-29)10-21(23)28)6-7-34(16)26-30-5-4-22(31-26)25(35)32-24-19-8-18-9-20(24)13-27(36,11-18)12-19/h2-5,10,16,18-20,24,36H,6-9,11-13,15H2,1H3,(H,32,35). The number of aromatic nitrogens is 2. The van der Waals surface area contributed by atoms with Gasteiger partial charge in [0.25, 0.3) is 5.91 Å². The SMILES string of the molecule is CC1CN(c2ccc(C#N)cc2F)CCN1c1nccc(C(=O)NC2C3CC4CC2CC(O)(C4)C3)n1. The van der Waals surface area contributed by atoms with E-state index in [1.54, 1.807) is 24.4 Å². The average molecular weight is 491 g/mol. The first-order valence-corrected chi connectivity index (χ1v) is 12.9. The number of hydrogen-bond donors (Lipinski definition) is 2. The number of hydrogen-bond acceptors (Lipinski definition) is 7. The Hall–Kier alpha value is -3.25. The number of carbonyl (C=O) groups excluding carboxylic acids is 1. The van der Waals surface area contributed by atoms with E-state index in [1.165, 1.54) is 6.07 Å². The van der Waals surface area contributed by atoms with Crippen LogP contribution in [0.4, 0.5) is 16.0 Å². The van der Waals surface area contributed by atoms with E-state index in [0.29, 0.717) is 60.3 Å². The number of carbonyl (C=O) groups is 1. The molecule has 4 bridgehead atoms. The number of nitriles is 1. The van der Waals surface area contributed by atoms with Gasteiger partial charge in [-0.25, -0.2) is 14.4 Å². The summed E-state index contributed by atoms with van der Waals surface area (Å²) in [6, 6.07) is 8.25. The van der Waals surface area contributed by atoms with Gasteiger partial charge in [-0.15, -0.1) is 0 Å². The third-order valence-corrected chi connectivity index (χ3v) is 8.72. The number of nitrogens with zero attached hydrogens (tertiary/aromatic N) is 5. The molecule has 3 unspecified atom stereocenters. The Morgan fingerprint density at radius 3 is 2.67 bits per heavy atom. The van der Waals surface area contributed by atoms with E-state index in [-0.39, 0.29) is 18.0 Å². The topological polar surface area (TPSA) is 105 Å². The van der Waals surface area contributed by atoms with Crippen LogP contribution in [-0.4, -0.2) is 58.3 Å². The maximum Gasteiger partial charge on any atom is 0.270 e. The zero-order valence-electron chi connectivity index (χ0n) is 20.4. The van der Waals surface area contributed by atoms with Crippen LogP contribution in [0.5, 0.6) is 0 Å². The average Bonchev–Trinajstić information content (AvgIpc) is 2.85. The Labute approximate surface area is 210 Å². The summed E-state index contributed by atoms with van der Waals surface area (Å²) >= 11 is 0. The molecule has 5 aliphatic rings. The maximum atomic E-state index is 14.5. The van der Waals surface area contributed by atoms with Crippen LogP contribution >= 0.6 is 0 Å². The first-order chi connectivity index (χ1) is 17.3. The van der Waals surface area contributed by atoms with Gasteiger partial charge in [0.05, 0.1) is 22.9 Å². The smallest absolute Gasteiger partial charge is 0.270 e. The van der Waals surface area contributed by atoms with Crippen molar-refractivity contribution in [3.8, 4) is 6.07 Å². The van der Waals surface area contributed by atoms with Crippen molar-refractivity contribution < 1.29 is 14.3 Å². The largest absolute Gasteiger partial charge is 0.390 e.